The molecule has 0 aliphatic carbocycles. The second-order valence-electron chi connectivity index (χ2n) is 2.85. The fourth-order valence-corrected chi connectivity index (χ4v) is 0.530. The monoisotopic (exact) mass is 140 g/mol. The first-order valence-electron chi connectivity index (χ1n) is 3.57. The highest BCUT2D eigenvalue weighted by atomic mass is 16.3. The van der Waals surface area contributed by atoms with Crippen LogP contribution in [0.2, 0.25) is 0 Å². The van der Waals surface area contributed by atoms with Crippen molar-refractivity contribution in [3.8, 4) is 0 Å². The van der Waals surface area contributed by atoms with E-state index in [-0.39, 0.29) is 12.0 Å². The summed E-state index contributed by atoms with van der Waals surface area (Å²) in [6, 6.07) is 0. The second kappa shape index (κ2) is 4.29. The molecular weight excluding hydrogens is 124 g/mol. The summed E-state index contributed by atoms with van der Waals surface area (Å²) < 4.78 is 0. The molecule has 0 bridgehead atoms. The van der Waals surface area contributed by atoms with Crippen molar-refractivity contribution in [1.82, 2.24) is 0 Å². The maximum absolute atomic E-state index is 9.30. The van der Waals surface area contributed by atoms with Crippen LogP contribution in [0.5, 0.6) is 0 Å². The third-order valence-corrected chi connectivity index (χ3v) is 1.44. The van der Waals surface area contributed by atoms with Gasteiger partial charge in [-0.15, -0.1) is 0 Å². The Morgan fingerprint density at radius 3 is 2.30 bits per heavy atom. The van der Waals surface area contributed by atoms with Gasteiger partial charge >= 0.3 is 0 Å². The van der Waals surface area contributed by atoms with Crippen molar-refractivity contribution in [2.45, 2.75) is 26.9 Å². The van der Waals surface area contributed by atoms with Gasteiger partial charge in [0.2, 0.25) is 0 Å². The third kappa shape index (κ3) is 3.46. The Morgan fingerprint density at radius 1 is 1.50 bits per heavy atom. The molecule has 0 aliphatic rings. The minimum atomic E-state index is -0.335. The van der Waals surface area contributed by atoms with Crippen LogP contribution in [0.15, 0.2) is 24.3 Å². The van der Waals surface area contributed by atoms with Crippen LogP contribution in [0.25, 0.3) is 0 Å². The Kier molecular flexibility index (Phi) is 4.05. The van der Waals surface area contributed by atoms with Gasteiger partial charge in [0.15, 0.2) is 0 Å². The molecule has 0 aromatic rings. The summed E-state index contributed by atoms with van der Waals surface area (Å²) in [5, 5.41) is 9.30. The minimum absolute atomic E-state index is 0.287. The number of aliphatic hydroxyl groups is 1. The fraction of sp³-hybridized carbons (Fsp3) is 0.556. The molecule has 0 rings (SSSR count). The number of hydrogen-bond donors (Lipinski definition) is 1. The number of hydrogen-bond acceptors (Lipinski definition) is 1. The topological polar surface area (TPSA) is 20.2 Å². The number of rotatable bonds is 3. The van der Waals surface area contributed by atoms with Gasteiger partial charge in [-0.3, -0.25) is 0 Å². The summed E-state index contributed by atoms with van der Waals surface area (Å²) in [7, 11) is 0. The first-order valence-corrected chi connectivity index (χ1v) is 3.57. The van der Waals surface area contributed by atoms with Gasteiger partial charge in [0, 0.05) is 0 Å². The summed E-state index contributed by atoms with van der Waals surface area (Å²) >= 11 is 0. The van der Waals surface area contributed by atoms with E-state index < -0.39 is 0 Å². The lowest BCUT2D eigenvalue weighted by molar-refractivity contribution is 0.171. The van der Waals surface area contributed by atoms with Gasteiger partial charge in [-0.05, 0) is 12.8 Å². The van der Waals surface area contributed by atoms with Gasteiger partial charge in [-0.1, -0.05) is 38.2 Å². The molecule has 0 radical (unpaired) electrons. The first-order chi connectivity index (χ1) is 4.57. The highest BCUT2D eigenvalue weighted by Crippen LogP contribution is 2.05. The zero-order valence-corrected chi connectivity index (χ0v) is 6.96. The predicted molar refractivity (Wildman–Crippen MR) is 44.8 cm³/mol. The highest BCUT2D eigenvalue weighted by molar-refractivity contribution is 5.14. The lowest BCUT2D eigenvalue weighted by Gasteiger charge is -2.09. The largest absolute Gasteiger partial charge is 0.389 e. The van der Waals surface area contributed by atoms with Crippen LogP contribution in [0.4, 0.5) is 0 Å². The zero-order valence-electron chi connectivity index (χ0n) is 6.96. The fourth-order valence-electron chi connectivity index (χ4n) is 0.530. The average molecular weight is 140 g/mol. The van der Waals surface area contributed by atoms with Crippen LogP contribution < -0.4 is 0 Å². The standard InChI is InChI=1S/C9H16O/c1-5-8(4)6-9(10)7(2)3/h5-7,9-10H,1H2,2-4H3. The minimum Gasteiger partial charge on any atom is -0.389 e. The van der Waals surface area contributed by atoms with Crippen LogP contribution in [0, 0.1) is 5.92 Å². The average Bonchev–Trinajstić information content (AvgIpc) is 1.87. The summed E-state index contributed by atoms with van der Waals surface area (Å²) in [6.07, 6.45) is 3.22. The van der Waals surface area contributed by atoms with E-state index in [4.69, 9.17) is 0 Å². The molecule has 0 aliphatic heterocycles. The molecule has 0 aromatic carbocycles. The second-order valence-corrected chi connectivity index (χ2v) is 2.85. The molecule has 1 heteroatoms. The Hall–Kier alpha value is -0.560. The quantitative estimate of drug-likeness (QED) is 0.595. The summed E-state index contributed by atoms with van der Waals surface area (Å²) in [4.78, 5) is 0. The summed E-state index contributed by atoms with van der Waals surface area (Å²) in [5.41, 5.74) is 1.03. The molecule has 1 nitrogen and oxygen atoms in total. The van der Waals surface area contributed by atoms with E-state index in [0.29, 0.717) is 0 Å². The zero-order chi connectivity index (χ0) is 8.15. The highest BCUT2D eigenvalue weighted by Gasteiger charge is 2.03. The Balaban J connectivity index is 3.98. The Morgan fingerprint density at radius 2 is 2.00 bits per heavy atom. The molecule has 0 heterocycles. The molecule has 0 saturated heterocycles. The van der Waals surface area contributed by atoms with E-state index in [1.807, 2.05) is 26.8 Å². The van der Waals surface area contributed by atoms with E-state index in [1.165, 1.54) is 0 Å². The third-order valence-electron chi connectivity index (χ3n) is 1.44. The molecule has 0 spiro atoms. The van der Waals surface area contributed by atoms with Crippen LogP contribution in [-0.2, 0) is 0 Å². The molecule has 0 saturated carbocycles. The van der Waals surface area contributed by atoms with E-state index >= 15 is 0 Å². The summed E-state index contributed by atoms with van der Waals surface area (Å²) in [6.45, 7) is 9.49. The van der Waals surface area contributed by atoms with E-state index in [9.17, 15) is 5.11 Å². The number of aliphatic hydroxyl groups excluding tert-OH is 1. The molecule has 0 fully saturated rings. The molecule has 0 amide bonds. The molecule has 1 atom stereocenters. The molecular formula is C9H16O. The van der Waals surface area contributed by atoms with Crippen molar-refractivity contribution in [2.24, 2.45) is 5.92 Å². The predicted octanol–water partition coefficient (Wildman–Crippen LogP) is 2.14. The maximum Gasteiger partial charge on any atom is 0.0749 e. The molecule has 1 unspecified atom stereocenters. The van der Waals surface area contributed by atoms with Gasteiger partial charge in [0.25, 0.3) is 0 Å². The van der Waals surface area contributed by atoms with Gasteiger partial charge in [-0.2, -0.15) is 0 Å². The van der Waals surface area contributed by atoms with E-state index in [2.05, 4.69) is 6.58 Å². The van der Waals surface area contributed by atoms with Crippen LogP contribution in [0.3, 0.4) is 0 Å². The van der Waals surface area contributed by atoms with Crippen LogP contribution >= 0.6 is 0 Å². The first kappa shape index (κ1) is 9.44. The van der Waals surface area contributed by atoms with E-state index in [1.54, 1.807) is 6.08 Å². The van der Waals surface area contributed by atoms with E-state index in [0.717, 1.165) is 5.57 Å². The Bertz CT molecular complexity index is 134. The van der Waals surface area contributed by atoms with Crippen molar-refractivity contribution >= 4 is 0 Å². The van der Waals surface area contributed by atoms with Crippen molar-refractivity contribution in [2.75, 3.05) is 0 Å². The molecule has 1 N–H and O–H groups in total. The van der Waals surface area contributed by atoms with Crippen molar-refractivity contribution in [3.05, 3.63) is 24.3 Å². The van der Waals surface area contributed by atoms with Crippen molar-refractivity contribution < 1.29 is 5.11 Å². The normalized spacial score (nSPS) is 15.5. The SMILES string of the molecule is C=CC(C)=CC(O)C(C)C. The van der Waals surface area contributed by atoms with Gasteiger partial charge in [-0.25, -0.2) is 0 Å². The van der Waals surface area contributed by atoms with Crippen molar-refractivity contribution in [1.29, 1.82) is 0 Å². The Labute approximate surface area is 63.1 Å². The molecule has 10 heavy (non-hydrogen) atoms. The lowest BCUT2D eigenvalue weighted by Crippen LogP contribution is -2.11. The summed E-state index contributed by atoms with van der Waals surface area (Å²) in [5.74, 6) is 0.287. The van der Waals surface area contributed by atoms with Crippen LogP contribution in [-0.4, -0.2) is 11.2 Å². The lowest BCUT2D eigenvalue weighted by atomic mass is 10.1. The maximum atomic E-state index is 9.30. The van der Waals surface area contributed by atoms with Crippen LogP contribution in [0.1, 0.15) is 20.8 Å². The van der Waals surface area contributed by atoms with Gasteiger partial charge in [0.05, 0.1) is 6.10 Å². The van der Waals surface area contributed by atoms with Crippen molar-refractivity contribution in [3.63, 3.8) is 0 Å². The van der Waals surface area contributed by atoms with Gasteiger partial charge < -0.3 is 5.11 Å². The molecule has 58 valence electrons. The number of allylic oxidation sites excluding steroid dienone is 2. The van der Waals surface area contributed by atoms with Gasteiger partial charge in [0.1, 0.15) is 0 Å². The molecule has 0 aromatic heterocycles. The smallest absolute Gasteiger partial charge is 0.0749 e.